The molecule has 12 heteroatoms. The maximum Gasteiger partial charge on any atom is 0.417 e. The quantitative estimate of drug-likeness (QED) is 0.544. The predicted molar refractivity (Wildman–Crippen MR) is 116 cm³/mol. The molecule has 0 saturated heterocycles. The summed E-state index contributed by atoms with van der Waals surface area (Å²) in [5, 5.41) is 15.9. The molecule has 35 heavy (non-hydrogen) atoms. The molecule has 3 amide bonds. The Kier molecular flexibility index (Phi) is 5.94. The molecule has 0 fully saturated rings. The topological polar surface area (TPSA) is 117 Å². The van der Waals surface area contributed by atoms with E-state index in [0.717, 1.165) is 6.07 Å². The van der Waals surface area contributed by atoms with Crippen LogP contribution in [0.2, 0.25) is 0 Å². The Balaban J connectivity index is 1.80. The van der Waals surface area contributed by atoms with Crippen LogP contribution in [0.5, 0.6) is 0 Å². The van der Waals surface area contributed by atoms with Gasteiger partial charge in [0.1, 0.15) is 11.5 Å². The summed E-state index contributed by atoms with van der Waals surface area (Å²) in [6.45, 7) is 1.97. The van der Waals surface area contributed by atoms with Crippen molar-refractivity contribution >= 4 is 17.6 Å². The summed E-state index contributed by atoms with van der Waals surface area (Å²) < 4.78 is 55.5. The number of nitrogens with zero attached hydrogens (tertiary/aromatic N) is 4. The lowest BCUT2D eigenvalue weighted by Gasteiger charge is -2.26. The zero-order valence-corrected chi connectivity index (χ0v) is 18.3. The summed E-state index contributed by atoms with van der Waals surface area (Å²) in [5.74, 6) is -1.24. The number of benzene rings is 2. The number of hydrogen-bond donors (Lipinski definition) is 2. The lowest BCUT2D eigenvalue weighted by molar-refractivity contribution is -0.137. The number of carbonyl (C=O) groups excluding carboxylic acids is 2. The third-order valence-corrected chi connectivity index (χ3v) is 5.65. The summed E-state index contributed by atoms with van der Waals surface area (Å²) in [6.07, 6.45) is -4.80. The van der Waals surface area contributed by atoms with Gasteiger partial charge in [-0.15, -0.1) is 0 Å². The second kappa shape index (κ2) is 8.75. The van der Waals surface area contributed by atoms with Crippen LogP contribution in [0.3, 0.4) is 0 Å². The Morgan fingerprint density at radius 2 is 1.91 bits per heavy atom. The van der Waals surface area contributed by atoms with Crippen LogP contribution in [-0.4, -0.2) is 33.2 Å². The van der Waals surface area contributed by atoms with Gasteiger partial charge in [0.15, 0.2) is 0 Å². The van der Waals surface area contributed by atoms with E-state index in [9.17, 15) is 27.2 Å². The molecule has 0 aliphatic carbocycles. The van der Waals surface area contributed by atoms with E-state index in [2.05, 4.69) is 10.4 Å². The van der Waals surface area contributed by atoms with Crippen LogP contribution < -0.4 is 11.1 Å². The van der Waals surface area contributed by atoms with Gasteiger partial charge in [0.25, 0.3) is 5.91 Å². The van der Waals surface area contributed by atoms with E-state index in [1.165, 1.54) is 39.9 Å². The number of nitrogens with two attached hydrogens (primary N) is 1. The number of nitrogens with one attached hydrogen (secondary N) is 1. The lowest BCUT2D eigenvalue weighted by Crippen LogP contribution is -2.42. The molecule has 3 aromatic rings. The molecule has 8 nitrogen and oxygen atoms in total. The van der Waals surface area contributed by atoms with Crippen molar-refractivity contribution in [2.24, 2.45) is 5.73 Å². The number of aryl methyl sites for hydroxylation is 1. The molecule has 0 spiro atoms. The zero-order valence-electron chi connectivity index (χ0n) is 18.3. The molecule has 1 aliphatic rings. The Bertz CT molecular complexity index is 1390. The molecule has 2 aromatic carbocycles. The van der Waals surface area contributed by atoms with E-state index in [-0.39, 0.29) is 36.6 Å². The van der Waals surface area contributed by atoms with Gasteiger partial charge in [-0.2, -0.15) is 23.5 Å². The summed E-state index contributed by atoms with van der Waals surface area (Å²) in [4.78, 5) is 26.4. The number of nitriles is 1. The standard InChI is InChI=1S/C23H18F4N6O2/c1-12-8-13(3-5-17(12)24)20-19(18-11-32(22(29)35)6-7-33(18)31-20)21(34)30-15-4-2-14(10-28)16(9-15)23(25,26)27/h2-5,8-9H,6-7,11H2,1H3,(H2,29,35)(H,30,34). The van der Waals surface area contributed by atoms with E-state index in [1.54, 1.807) is 6.92 Å². The van der Waals surface area contributed by atoms with Crippen LogP contribution in [0.15, 0.2) is 36.4 Å². The predicted octanol–water partition coefficient (Wildman–Crippen LogP) is 4.03. The van der Waals surface area contributed by atoms with E-state index >= 15 is 0 Å². The van der Waals surface area contributed by atoms with E-state index in [1.807, 2.05) is 0 Å². The molecule has 4 rings (SSSR count). The third-order valence-electron chi connectivity index (χ3n) is 5.65. The fraction of sp³-hybridized carbons (Fsp3) is 0.217. The summed E-state index contributed by atoms with van der Waals surface area (Å²) in [6, 6.07) is 7.74. The van der Waals surface area contributed by atoms with Crippen LogP contribution in [0.1, 0.15) is 32.7 Å². The van der Waals surface area contributed by atoms with Crippen molar-refractivity contribution in [3.63, 3.8) is 0 Å². The van der Waals surface area contributed by atoms with Crippen molar-refractivity contribution in [3.05, 3.63) is 70.2 Å². The van der Waals surface area contributed by atoms with Crippen LogP contribution >= 0.6 is 0 Å². The molecule has 0 bridgehead atoms. The number of fused-ring (bicyclic) bond motifs is 1. The third kappa shape index (κ3) is 4.52. The van der Waals surface area contributed by atoms with Gasteiger partial charge in [-0.1, -0.05) is 0 Å². The molecule has 1 aliphatic heterocycles. The van der Waals surface area contributed by atoms with Gasteiger partial charge in [0.2, 0.25) is 0 Å². The van der Waals surface area contributed by atoms with Crippen molar-refractivity contribution in [1.82, 2.24) is 14.7 Å². The van der Waals surface area contributed by atoms with Gasteiger partial charge < -0.3 is 16.0 Å². The van der Waals surface area contributed by atoms with Gasteiger partial charge in [0, 0.05) is 17.8 Å². The van der Waals surface area contributed by atoms with Crippen molar-refractivity contribution in [3.8, 4) is 17.3 Å². The summed E-state index contributed by atoms with van der Waals surface area (Å²) in [7, 11) is 0. The Hall–Kier alpha value is -4.40. The first-order valence-corrected chi connectivity index (χ1v) is 10.3. The number of halogens is 4. The van der Waals surface area contributed by atoms with E-state index in [0.29, 0.717) is 22.9 Å². The number of hydrogen-bond acceptors (Lipinski definition) is 4. The number of carbonyl (C=O) groups is 2. The maximum atomic E-state index is 13.8. The van der Waals surface area contributed by atoms with Gasteiger partial charge in [0.05, 0.1) is 41.5 Å². The van der Waals surface area contributed by atoms with Gasteiger partial charge in [-0.3, -0.25) is 9.48 Å². The van der Waals surface area contributed by atoms with Crippen LogP contribution in [0.4, 0.5) is 28.0 Å². The smallest absolute Gasteiger partial charge is 0.351 e. The molecular formula is C23H18F4N6O2. The Labute approximate surface area is 196 Å². The molecule has 2 heterocycles. The highest BCUT2D eigenvalue weighted by Gasteiger charge is 2.35. The number of anilines is 1. The minimum atomic E-state index is -4.80. The highest BCUT2D eigenvalue weighted by Crippen LogP contribution is 2.34. The maximum absolute atomic E-state index is 13.8. The van der Waals surface area contributed by atoms with Crippen molar-refractivity contribution in [2.45, 2.75) is 26.2 Å². The molecule has 0 radical (unpaired) electrons. The van der Waals surface area contributed by atoms with E-state index in [4.69, 9.17) is 11.0 Å². The van der Waals surface area contributed by atoms with Crippen LogP contribution in [-0.2, 0) is 19.3 Å². The highest BCUT2D eigenvalue weighted by molar-refractivity contribution is 6.09. The molecule has 3 N–H and O–H groups in total. The molecular weight excluding hydrogens is 468 g/mol. The fourth-order valence-electron chi connectivity index (χ4n) is 3.89. The highest BCUT2D eigenvalue weighted by atomic mass is 19.4. The number of primary amides is 1. The first-order chi connectivity index (χ1) is 16.5. The largest absolute Gasteiger partial charge is 0.417 e. The van der Waals surface area contributed by atoms with Crippen molar-refractivity contribution in [1.29, 1.82) is 5.26 Å². The number of alkyl halides is 3. The monoisotopic (exact) mass is 486 g/mol. The van der Waals surface area contributed by atoms with Gasteiger partial charge in [-0.25, -0.2) is 9.18 Å². The minimum Gasteiger partial charge on any atom is -0.351 e. The average Bonchev–Trinajstić information content (AvgIpc) is 3.19. The second-order valence-corrected chi connectivity index (χ2v) is 7.94. The van der Waals surface area contributed by atoms with Crippen molar-refractivity contribution in [2.75, 3.05) is 11.9 Å². The second-order valence-electron chi connectivity index (χ2n) is 7.94. The Morgan fingerprint density at radius 3 is 2.54 bits per heavy atom. The zero-order chi connectivity index (χ0) is 25.5. The molecule has 1 aromatic heterocycles. The Morgan fingerprint density at radius 1 is 1.17 bits per heavy atom. The van der Waals surface area contributed by atoms with Gasteiger partial charge >= 0.3 is 12.2 Å². The molecule has 0 saturated carbocycles. The van der Waals surface area contributed by atoms with Crippen LogP contribution in [0, 0.1) is 24.1 Å². The average molecular weight is 486 g/mol. The number of urea groups is 1. The lowest BCUT2D eigenvalue weighted by atomic mass is 10.0. The number of aromatic nitrogens is 2. The fourth-order valence-corrected chi connectivity index (χ4v) is 3.89. The van der Waals surface area contributed by atoms with Crippen molar-refractivity contribution < 1.29 is 27.2 Å². The molecule has 180 valence electrons. The van der Waals surface area contributed by atoms with Gasteiger partial charge in [-0.05, 0) is 48.9 Å². The summed E-state index contributed by atoms with van der Waals surface area (Å²) >= 11 is 0. The first kappa shape index (κ1) is 23.7. The first-order valence-electron chi connectivity index (χ1n) is 10.3. The number of rotatable bonds is 3. The molecule has 0 atom stereocenters. The normalized spacial score (nSPS) is 13.2. The van der Waals surface area contributed by atoms with Crippen LogP contribution in [0.25, 0.3) is 11.3 Å². The molecule has 0 unspecified atom stereocenters. The minimum absolute atomic E-state index is 0.0138. The number of amides is 3. The van der Waals surface area contributed by atoms with E-state index < -0.39 is 35.1 Å². The SMILES string of the molecule is Cc1cc(-c2nn3c(c2C(=O)Nc2ccc(C#N)c(C(F)(F)F)c2)CN(C(N)=O)CC3)ccc1F. The summed E-state index contributed by atoms with van der Waals surface area (Å²) in [5.41, 5.74) is 4.67.